The molecule has 0 N–H and O–H groups in total. The van der Waals surface area contributed by atoms with Crippen LogP contribution in [0.3, 0.4) is 0 Å². The molecule has 1 saturated heterocycles. The topological polar surface area (TPSA) is 43.4 Å². The molecule has 1 heterocycles. The molecule has 0 aromatic carbocycles. The summed E-state index contributed by atoms with van der Waals surface area (Å²) in [6.07, 6.45) is 1.09. The van der Waals surface area contributed by atoms with Gasteiger partial charge in [-0.15, -0.1) is 0 Å². The summed E-state index contributed by atoms with van der Waals surface area (Å²) in [4.78, 5) is 20.5. The second-order valence-electron chi connectivity index (χ2n) is 1.44. The fourth-order valence-electron chi connectivity index (χ4n) is 0.457. The summed E-state index contributed by atoms with van der Waals surface area (Å²) in [6, 6.07) is 0. The van der Waals surface area contributed by atoms with Gasteiger partial charge in [-0.2, -0.15) is 0 Å². The Morgan fingerprint density at radius 3 is 2.62 bits per heavy atom. The van der Waals surface area contributed by atoms with Crippen LogP contribution < -0.4 is 0 Å². The Hall–Kier alpha value is -0.430. The van der Waals surface area contributed by atoms with Gasteiger partial charge in [-0.1, -0.05) is 0 Å². The molecule has 0 aliphatic carbocycles. The number of hydrogen-bond acceptors (Lipinski definition) is 3. The van der Waals surface area contributed by atoms with Crippen LogP contribution in [-0.2, 0) is 9.53 Å². The van der Waals surface area contributed by atoms with E-state index in [-0.39, 0.29) is 20.3 Å². The zero-order chi connectivity index (χ0) is 5.98. The summed E-state index contributed by atoms with van der Waals surface area (Å²) in [5.74, 6) is -0.381. The first-order valence-electron chi connectivity index (χ1n) is 2.27. The van der Waals surface area contributed by atoms with Gasteiger partial charge < -0.3 is 4.74 Å². The first-order chi connectivity index (χ1) is 3.79. The molecule has 1 fully saturated rings. The van der Waals surface area contributed by atoms with Crippen LogP contribution in [-0.4, -0.2) is 17.8 Å². The van der Waals surface area contributed by atoms with Crippen LogP contribution in [0.15, 0.2) is 0 Å². The number of carbonyl (C=O) groups is 2. The van der Waals surface area contributed by atoms with Gasteiger partial charge in [-0.05, 0) is 14.7 Å². The molecule has 1 atom stereocenters. The summed E-state index contributed by atoms with van der Waals surface area (Å²) < 4.78 is 4.22. The lowest BCUT2D eigenvalue weighted by molar-refractivity contribution is -0.136. The predicted molar refractivity (Wildman–Crippen MR) is 29.3 cm³/mol. The second kappa shape index (κ2) is 2.23. The Labute approximate surface area is 48.2 Å². The van der Waals surface area contributed by atoms with Gasteiger partial charge in [0.2, 0.25) is 0 Å². The van der Waals surface area contributed by atoms with Crippen LogP contribution >= 0.6 is 8.58 Å². The number of carbonyl (C=O) groups excluding carboxylic acids is 2. The van der Waals surface area contributed by atoms with Gasteiger partial charge in [0.25, 0.3) is 0 Å². The van der Waals surface area contributed by atoms with E-state index in [2.05, 4.69) is 4.74 Å². The zero-order valence-electron chi connectivity index (χ0n) is 4.14. The molecular formula is C4H5O3P. The summed E-state index contributed by atoms with van der Waals surface area (Å²) in [7, 11) is 0.179. The maximum Gasteiger partial charge on any atom is 0.330 e. The van der Waals surface area contributed by atoms with Crippen LogP contribution in [0.5, 0.6) is 0 Å². The van der Waals surface area contributed by atoms with Crippen molar-refractivity contribution in [2.75, 3.05) is 6.16 Å². The van der Waals surface area contributed by atoms with Crippen LogP contribution in [0.2, 0.25) is 0 Å². The fourth-order valence-corrected chi connectivity index (χ4v) is 1.18. The largest absolute Gasteiger partial charge is 0.390 e. The molecule has 1 aliphatic rings. The lowest BCUT2D eigenvalue weighted by Crippen LogP contribution is -2.13. The third kappa shape index (κ3) is 1.27. The number of hydrogen-bond donors (Lipinski definition) is 0. The second-order valence-corrected chi connectivity index (χ2v) is 2.70. The predicted octanol–water partition coefficient (Wildman–Crippen LogP) is 0.732. The minimum atomic E-state index is -0.381. The standard InChI is InChI=1S/C4H5O3P/c5-3-1-2-8-4(6)7-3/h8H,1-2H2. The lowest BCUT2D eigenvalue weighted by atomic mass is 10.5. The molecule has 8 heavy (non-hydrogen) atoms. The first kappa shape index (κ1) is 5.70. The van der Waals surface area contributed by atoms with Crippen molar-refractivity contribution >= 4 is 20.3 Å². The molecule has 0 radical (unpaired) electrons. The van der Waals surface area contributed by atoms with Gasteiger partial charge in [0.05, 0.1) is 6.42 Å². The van der Waals surface area contributed by atoms with Crippen molar-refractivity contribution in [1.29, 1.82) is 0 Å². The minimum absolute atomic E-state index is 0.179. The van der Waals surface area contributed by atoms with Crippen LogP contribution in [0, 0.1) is 0 Å². The van der Waals surface area contributed by atoms with Crippen molar-refractivity contribution in [3.8, 4) is 0 Å². The van der Waals surface area contributed by atoms with E-state index in [9.17, 15) is 9.59 Å². The summed E-state index contributed by atoms with van der Waals surface area (Å²) in [6.45, 7) is 0. The highest BCUT2D eigenvalue weighted by molar-refractivity contribution is 7.57. The molecule has 0 aromatic rings. The van der Waals surface area contributed by atoms with E-state index in [1.165, 1.54) is 0 Å². The number of ether oxygens (including phenoxy) is 1. The van der Waals surface area contributed by atoms with Crippen molar-refractivity contribution in [2.45, 2.75) is 6.42 Å². The van der Waals surface area contributed by atoms with Crippen molar-refractivity contribution in [2.24, 2.45) is 0 Å². The molecule has 0 saturated carbocycles. The molecule has 0 amide bonds. The Kier molecular flexibility index (Phi) is 1.59. The Morgan fingerprint density at radius 1 is 1.50 bits per heavy atom. The smallest absolute Gasteiger partial charge is 0.330 e. The zero-order valence-corrected chi connectivity index (χ0v) is 5.14. The van der Waals surface area contributed by atoms with E-state index in [1.807, 2.05) is 0 Å². The van der Waals surface area contributed by atoms with Crippen molar-refractivity contribution in [1.82, 2.24) is 0 Å². The van der Waals surface area contributed by atoms with Crippen LogP contribution in [0.1, 0.15) is 6.42 Å². The minimum Gasteiger partial charge on any atom is -0.390 e. The summed E-state index contributed by atoms with van der Waals surface area (Å²) >= 11 is 0. The third-order valence-corrected chi connectivity index (χ3v) is 1.70. The molecule has 0 bridgehead atoms. The van der Waals surface area contributed by atoms with E-state index in [0.717, 1.165) is 0 Å². The maximum atomic E-state index is 10.2. The molecule has 1 unspecified atom stereocenters. The molecule has 1 rings (SSSR count). The van der Waals surface area contributed by atoms with Gasteiger partial charge in [0.15, 0.2) is 0 Å². The molecule has 1 aliphatic heterocycles. The number of esters is 1. The average molecular weight is 132 g/mol. The lowest BCUT2D eigenvalue weighted by Gasteiger charge is -2.06. The van der Waals surface area contributed by atoms with Gasteiger partial charge in [0.1, 0.15) is 0 Å². The highest BCUT2D eigenvalue weighted by Crippen LogP contribution is 2.20. The highest BCUT2D eigenvalue weighted by atomic mass is 31.1. The van der Waals surface area contributed by atoms with Crippen LogP contribution in [0.4, 0.5) is 4.79 Å². The Balaban J connectivity index is 2.45. The Bertz CT molecular complexity index is 117. The molecule has 4 heteroatoms. The molecule has 44 valence electrons. The fraction of sp³-hybridized carbons (Fsp3) is 0.500. The van der Waals surface area contributed by atoms with E-state index < -0.39 is 0 Å². The van der Waals surface area contributed by atoms with E-state index >= 15 is 0 Å². The summed E-state index contributed by atoms with van der Waals surface area (Å²) in [5, 5.41) is 0. The molecule has 0 aromatic heterocycles. The summed E-state index contributed by atoms with van der Waals surface area (Å²) in [5.41, 5.74) is -0.360. The molecular weight excluding hydrogens is 127 g/mol. The van der Waals surface area contributed by atoms with Crippen molar-refractivity contribution in [3.05, 3.63) is 0 Å². The van der Waals surface area contributed by atoms with Gasteiger partial charge in [0, 0.05) is 0 Å². The first-order valence-corrected chi connectivity index (χ1v) is 3.48. The van der Waals surface area contributed by atoms with Crippen molar-refractivity contribution < 1.29 is 14.3 Å². The van der Waals surface area contributed by atoms with E-state index in [4.69, 9.17) is 0 Å². The van der Waals surface area contributed by atoms with Crippen molar-refractivity contribution in [3.63, 3.8) is 0 Å². The SMILES string of the molecule is O=C1CCPC(=O)O1. The van der Waals surface area contributed by atoms with Gasteiger partial charge in [-0.25, -0.2) is 4.79 Å². The quantitative estimate of drug-likeness (QED) is 0.277. The van der Waals surface area contributed by atoms with Gasteiger partial charge >= 0.3 is 11.7 Å². The Morgan fingerprint density at radius 2 is 2.25 bits per heavy atom. The average Bonchev–Trinajstić information content (AvgIpc) is 1.64. The van der Waals surface area contributed by atoms with Gasteiger partial charge in [-0.3, -0.25) is 4.79 Å². The van der Waals surface area contributed by atoms with E-state index in [1.54, 1.807) is 0 Å². The monoisotopic (exact) mass is 132 g/mol. The molecule has 3 nitrogen and oxygen atoms in total. The molecule has 0 spiro atoms. The third-order valence-electron chi connectivity index (χ3n) is 0.805. The highest BCUT2D eigenvalue weighted by Gasteiger charge is 2.15. The van der Waals surface area contributed by atoms with Crippen LogP contribution in [0.25, 0.3) is 0 Å². The van der Waals surface area contributed by atoms with E-state index in [0.29, 0.717) is 12.6 Å². The normalized spacial score (nSPS) is 23.5. The number of cyclic esters (lactones) is 2. The number of rotatable bonds is 0. The maximum absolute atomic E-state index is 10.2.